The molecule has 0 aromatic heterocycles. The summed E-state index contributed by atoms with van der Waals surface area (Å²) < 4.78 is 25.1. The number of hydrogen-bond acceptors (Lipinski definition) is 3. The lowest BCUT2D eigenvalue weighted by molar-refractivity contribution is 0.560. The Morgan fingerprint density at radius 2 is 2.14 bits per heavy atom. The van der Waals surface area contributed by atoms with Gasteiger partial charge in [-0.2, -0.15) is 9.98 Å². The van der Waals surface area contributed by atoms with Crippen LogP contribution in [-0.4, -0.2) is 19.7 Å². The molecule has 1 N–H and O–H groups in total. The number of terminal acetylenes is 1. The molecule has 78 valence electrons. The molecule has 0 bridgehead atoms. The molecule has 2 unspecified atom stereocenters. The minimum Gasteiger partial charge on any atom is -0.211 e. The SMILES string of the molecule is C#CC(CCC)NS(=O)(=O)C(C)C#N. The maximum Gasteiger partial charge on any atom is 0.228 e. The largest absolute Gasteiger partial charge is 0.228 e. The molecule has 0 spiro atoms. The van der Waals surface area contributed by atoms with E-state index in [0.717, 1.165) is 6.42 Å². The van der Waals surface area contributed by atoms with Gasteiger partial charge in [0, 0.05) is 0 Å². The van der Waals surface area contributed by atoms with Crippen LogP contribution >= 0.6 is 0 Å². The van der Waals surface area contributed by atoms with Crippen molar-refractivity contribution in [3.05, 3.63) is 0 Å². The predicted molar refractivity (Wildman–Crippen MR) is 54.7 cm³/mol. The van der Waals surface area contributed by atoms with Crippen molar-refractivity contribution >= 4 is 10.0 Å². The smallest absolute Gasteiger partial charge is 0.211 e. The molecule has 0 aromatic carbocycles. The molecular weight excluding hydrogens is 200 g/mol. The highest BCUT2D eigenvalue weighted by Crippen LogP contribution is 2.02. The van der Waals surface area contributed by atoms with Gasteiger partial charge in [0.1, 0.15) is 0 Å². The third-order valence-electron chi connectivity index (χ3n) is 1.73. The zero-order valence-corrected chi connectivity index (χ0v) is 9.13. The van der Waals surface area contributed by atoms with Crippen LogP contribution in [0.4, 0.5) is 0 Å². The van der Waals surface area contributed by atoms with Crippen LogP contribution in [0.1, 0.15) is 26.7 Å². The van der Waals surface area contributed by atoms with Crippen LogP contribution in [0.2, 0.25) is 0 Å². The van der Waals surface area contributed by atoms with Gasteiger partial charge in [-0.3, -0.25) is 0 Å². The monoisotopic (exact) mass is 214 g/mol. The summed E-state index contributed by atoms with van der Waals surface area (Å²) in [6.45, 7) is 3.23. The number of nitriles is 1. The van der Waals surface area contributed by atoms with E-state index < -0.39 is 21.3 Å². The molecule has 0 aliphatic rings. The number of sulfonamides is 1. The Kier molecular flexibility index (Phi) is 5.22. The minimum absolute atomic E-state index is 0.513. The molecule has 0 fully saturated rings. The summed E-state index contributed by atoms with van der Waals surface area (Å²) in [6.07, 6.45) is 6.52. The molecule has 0 saturated heterocycles. The van der Waals surface area contributed by atoms with E-state index in [-0.39, 0.29) is 0 Å². The van der Waals surface area contributed by atoms with Gasteiger partial charge in [0.2, 0.25) is 10.0 Å². The Balaban J connectivity index is 4.52. The van der Waals surface area contributed by atoms with Crippen LogP contribution in [0.15, 0.2) is 0 Å². The maximum atomic E-state index is 11.4. The van der Waals surface area contributed by atoms with Crippen LogP contribution in [0, 0.1) is 23.7 Å². The van der Waals surface area contributed by atoms with Gasteiger partial charge in [-0.1, -0.05) is 19.3 Å². The van der Waals surface area contributed by atoms with E-state index in [1.807, 2.05) is 6.92 Å². The van der Waals surface area contributed by atoms with Gasteiger partial charge in [-0.25, -0.2) is 8.42 Å². The second kappa shape index (κ2) is 5.64. The first-order valence-corrected chi connectivity index (χ1v) is 5.89. The van der Waals surface area contributed by atoms with E-state index in [9.17, 15) is 8.42 Å². The second-order valence-electron chi connectivity index (χ2n) is 2.94. The summed E-state index contributed by atoms with van der Waals surface area (Å²) in [5, 5.41) is 7.39. The summed E-state index contributed by atoms with van der Waals surface area (Å²) >= 11 is 0. The molecule has 14 heavy (non-hydrogen) atoms. The van der Waals surface area contributed by atoms with Crippen LogP contribution in [0.5, 0.6) is 0 Å². The predicted octanol–water partition coefficient (Wildman–Crippen LogP) is 0.620. The second-order valence-corrected chi connectivity index (χ2v) is 4.97. The third-order valence-corrected chi connectivity index (χ3v) is 3.38. The lowest BCUT2D eigenvalue weighted by Crippen LogP contribution is -2.38. The maximum absolute atomic E-state index is 11.4. The zero-order chi connectivity index (χ0) is 11.2. The lowest BCUT2D eigenvalue weighted by atomic mass is 10.2. The Bertz CT molecular complexity index is 348. The molecule has 0 aliphatic carbocycles. The van der Waals surface area contributed by atoms with E-state index in [1.165, 1.54) is 6.92 Å². The van der Waals surface area contributed by atoms with Crippen LogP contribution in [-0.2, 0) is 10.0 Å². The number of hydrogen-bond donors (Lipinski definition) is 1. The Morgan fingerprint density at radius 1 is 1.57 bits per heavy atom. The molecule has 0 rings (SSSR count). The van der Waals surface area contributed by atoms with Crippen molar-refractivity contribution in [1.29, 1.82) is 5.26 Å². The first-order valence-electron chi connectivity index (χ1n) is 4.34. The summed E-state index contributed by atoms with van der Waals surface area (Å²) in [5.41, 5.74) is 0. The summed E-state index contributed by atoms with van der Waals surface area (Å²) in [4.78, 5) is 0. The third kappa shape index (κ3) is 3.78. The standard InChI is InChI=1S/C9H14N2O2S/c1-4-6-9(5-2)11-14(12,13)8(3)7-10/h2,8-9,11H,4,6H2,1,3H3. The summed E-state index contributed by atoms with van der Waals surface area (Å²) in [6, 6.07) is 1.14. The molecule has 5 heteroatoms. The fraction of sp³-hybridized carbons (Fsp3) is 0.667. The van der Waals surface area contributed by atoms with Crippen molar-refractivity contribution in [2.45, 2.75) is 38.0 Å². The number of nitrogens with one attached hydrogen (secondary N) is 1. The molecule has 0 aliphatic heterocycles. The van der Waals surface area contributed by atoms with Gasteiger partial charge in [0.25, 0.3) is 0 Å². The normalized spacial score (nSPS) is 15.1. The molecule has 2 atom stereocenters. The van der Waals surface area contributed by atoms with Gasteiger partial charge < -0.3 is 0 Å². The van der Waals surface area contributed by atoms with Crippen molar-refractivity contribution in [3.8, 4) is 18.4 Å². The quantitative estimate of drug-likeness (QED) is 0.682. The van der Waals surface area contributed by atoms with Crippen molar-refractivity contribution in [2.24, 2.45) is 0 Å². The van der Waals surface area contributed by atoms with Gasteiger partial charge in [0.05, 0.1) is 12.1 Å². The summed E-state index contributed by atoms with van der Waals surface area (Å²) in [5.74, 6) is 2.34. The van der Waals surface area contributed by atoms with E-state index >= 15 is 0 Å². The Morgan fingerprint density at radius 3 is 2.50 bits per heavy atom. The topological polar surface area (TPSA) is 70.0 Å². The van der Waals surface area contributed by atoms with Gasteiger partial charge >= 0.3 is 0 Å². The van der Waals surface area contributed by atoms with Crippen LogP contribution in [0.3, 0.4) is 0 Å². The minimum atomic E-state index is -3.60. The molecule has 0 aromatic rings. The van der Waals surface area contributed by atoms with E-state index in [0.29, 0.717) is 6.42 Å². The molecule has 0 amide bonds. The molecule has 4 nitrogen and oxygen atoms in total. The zero-order valence-electron chi connectivity index (χ0n) is 8.32. The van der Waals surface area contributed by atoms with Crippen molar-refractivity contribution in [2.75, 3.05) is 0 Å². The Hall–Kier alpha value is -1.04. The Labute approximate surface area is 85.4 Å². The molecule has 0 radical (unpaired) electrons. The first-order chi connectivity index (χ1) is 6.47. The highest BCUT2D eigenvalue weighted by Gasteiger charge is 2.22. The van der Waals surface area contributed by atoms with Crippen LogP contribution < -0.4 is 4.72 Å². The van der Waals surface area contributed by atoms with Crippen molar-refractivity contribution in [3.63, 3.8) is 0 Å². The number of rotatable bonds is 5. The van der Waals surface area contributed by atoms with E-state index in [2.05, 4.69) is 10.6 Å². The highest BCUT2D eigenvalue weighted by molar-refractivity contribution is 7.90. The lowest BCUT2D eigenvalue weighted by Gasteiger charge is -2.13. The van der Waals surface area contributed by atoms with Crippen LogP contribution in [0.25, 0.3) is 0 Å². The average Bonchev–Trinajstić information content (AvgIpc) is 2.15. The molecule has 0 heterocycles. The van der Waals surface area contributed by atoms with Crippen molar-refractivity contribution < 1.29 is 8.42 Å². The summed E-state index contributed by atoms with van der Waals surface area (Å²) in [7, 11) is -3.60. The first kappa shape index (κ1) is 13.0. The fourth-order valence-corrected chi connectivity index (χ4v) is 1.76. The molecule has 0 saturated carbocycles. The van der Waals surface area contributed by atoms with Gasteiger partial charge in [-0.05, 0) is 13.3 Å². The van der Waals surface area contributed by atoms with Crippen molar-refractivity contribution in [1.82, 2.24) is 4.72 Å². The van der Waals surface area contributed by atoms with Gasteiger partial charge in [0.15, 0.2) is 5.25 Å². The fourth-order valence-electron chi connectivity index (χ4n) is 0.835. The van der Waals surface area contributed by atoms with E-state index in [1.54, 1.807) is 6.07 Å². The van der Waals surface area contributed by atoms with E-state index in [4.69, 9.17) is 11.7 Å². The molecular formula is C9H14N2O2S. The number of nitrogens with zero attached hydrogens (tertiary/aromatic N) is 1. The average molecular weight is 214 g/mol. The van der Waals surface area contributed by atoms with Gasteiger partial charge in [-0.15, -0.1) is 6.42 Å². The highest BCUT2D eigenvalue weighted by atomic mass is 32.2.